The molecule has 152 valence electrons. The van der Waals surface area contributed by atoms with Gasteiger partial charge in [0.15, 0.2) is 10.3 Å². The van der Waals surface area contributed by atoms with Crippen molar-refractivity contribution in [2.75, 3.05) is 17.6 Å². The minimum atomic E-state index is -0.559. The van der Waals surface area contributed by atoms with E-state index in [1.54, 1.807) is 17.6 Å². The number of thioether (sulfide) groups is 1. The third kappa shape index (κ3) is 5.61. The number of aromatic nitrogens is 4. The van der Waals surface area contributed by atoms with Gasteiger partial charge in [-0.3, -0.25) is 9.59 Å². The van der Waals surface area contributed by atoms with Crippen molar-refractivity contribution >= 4 is 40.0 Å². The summed E-state index contributed by atoms with van der Waals surface area (Å²) in [7, 11) is 0. The Hall–Kier alpha value is -2.79. The van der Waals surface area contributed by atoms with Crippen LogP contribution in [0.2, 0.25) is 0 Å². The second kappa shape index (κ2) is 10.1. The SMILES string of the molecule is CCn1c(CCNC(=O)c2ccccc2F)nnc1SCC(=O)Nc1nccs1. The number of nitrogens with one attached hydrogen (secondary N) is 2. The summed E-state index contributed by atoms with van der Waals surface area (Å²) < 4.78 is 15.5. The summed E-state index contributed by atoms with van der Waals surface area (Å²) >= 11 is 2.63. The fourth-order valence-corrected chi connectivity index (χ4v) is 3.89. The Labute approximate surface area is 174 Å². The molecule has 0 aliphatic carbocycles. The number of hydrogen-bond acceptors (Lipinski definition) is 7. The molecule has 11 heteroatoms. The third-order valence-electron chi connectivity index (χ3n) is 3.87. The number of halogens is 1. The quantitative estimate of drug-likeness (QED) is 0.502. The Morgan fingerprint density at radius 3 is 2.83 bits per heavy atom. The van der Waals surface area contributed by atoms with Gasteiger partial charge in [-0.25, -0.2) is 9.37 Å². The van der Waals surface area contributed by atoms with Gasteiger partial charge in [0.1, 0.15) is 11.6 Å². The number of rotatable bonds is 9. The maximum atomic E-state index is 13.7. The molecule has 0 radical (unpaired) electrons. The van der Waals surface area contributed by atoms with Gasteiger partial charge < -0.3 is 15.2 Å². The van der Waals surface area contributed by atoms with Crippen molar-refractivity contribution in [3.63, 3.8) is 0 Å². The van der Waals surface area contributed by atoms with Gasteiger partial charge in [0.05, 0.1) is 11.3 Å². The number of hydrogen-bond donors (Lipinski definition) is 2. The van der Waals surface area contributed by atoms with Crippen molar-refractivity contribution in [1.29, 1.82) is 0 Å². The summed E-state index contributed by atoms with van der Waals surface area (Å²) in [4.78, 5) is 28.1. The number of anilines is 1. The molecule has 0 aliphatic heterocycles. The Bertz CT molecular complexity index is 977. The molecular formula is C18H19FN6O2S2. The molecule has 8 nitrogen and oxygen atoms in total. The Morgan fingerprint density at radius 2 is 2.10 bits per heavy atom. The normalized spacial score (nSPS) is 10.7. The van der Waals surface area contributed by atoms with Gasteiger partial charge in [0.2, 0.25) is 5.91 Å². The highest BCUT2D eigenvalue weighted by Crippen LogP contribution is 2.18. The van der Waals surface area contributed by atoms with Crippen molar-refractivity contribution in [3.05, 3.63) is 53.0 Å². The fraction of sp³-hybridized carbons (Fsp3) is 0.278. The minimum Gasteiger partial charge on any atom is -0.351 e. The molecule has 0 saturated carbocycles. The van der Waals surface area contributed by atoms with E-state index in [1.165, 1.54) is 41.3 Å². The van der Waals surface area contributed by atoms with E-state index in [-0.39, 0.29) is 17.2 Å². The van der Waals surface area contributed by atoms with Gasteiger partial charge in [-0.2, -0.15) is 0 Å². The maximum absolute atomic E-state index is 13.7. The van der Waals surface area contributed by atoms with Crippen LogP contribution in [-0.2, 0) is 17.8 Å². The van der Waals surface area contributed by atoms with Gasteiger partial charge in [-0.15, -0.1) is 21.5 Å². The molecule has 0 bridgehead atoms. The van der Waals surface area contributed by atoms with Crippen LogP contribution in [0.5, 0.6) is 0 Å². The highest BCUT2D eigenvalue weighted by atomic mass is 32.2. The number of carbonyl (C=O) groups excluding carboxylic acids is 2. The van der Waals surface area contributed by atoms with Gasteiger partial charge in [-0.1, -0.05) is 23.9 Å². The van der Waals surface area contributed by atoms with E-state index in [0.717, 1.165) is 0 Å². The molecule has 0 unspecified atom stereocenters. The van der Waals surface area contributed by atoms with Crippen LogP contribution in [0.1, 0.15) is 23.1 Å². The van der Waals surface area contributed by atoms with Crippen LogP contribution < -0.4 is 10.6 Å². The van der Waals surface area contributed by atoms with Gasteiger partial charge >= 0.3 is 0 Å². The van der Waals surface area contributed by atoms with Crippen LogP contribution in [0.15, 0.2) is 41.0 Å². The lowest BCUT2D eigenvalue weighted by molar-refractivity contribution is -0.113. The monoisotopic (exact) mass is 434 g/mol. The summed E-state index contributed by atoms with van der Waals surface area (Å²) in [6.45, 7) is 2.87. The first-order valence-corrected chi connectivity index (χ1v) is 10.7. The molecule has 2 aromatic heterocycles. The number of carbonyl (C=O) groups is 2. The summed E-state index contributed by atoms with van der Waals surface area (Å²) in [5.74, 6) is -0.337. The molecule has 1 aromatic carbocycles. The Kier molecular flexibility index (Phi) is 7.30. The summed E-state index contributed by atoms with van der Waals surface area (Å²) in [5.41, 5.74) is 0.00643. The van der Waals surface area contributed by atoms with Gasteiger partial charge in [0, 0.05) is 31.1 Å². The van der Waals surface area contributed by atoms with Crippen LogP contribution in [0.25, 0.3) is 0 Å². The number of thiazole rings is 1. The van der Waals surface area contributed by atoms with E-state index in [0.29, 0.717) is 35.6 Å². The van der Waals surface area contributed by atoms with E-state index in [1.807, 2.05) is 11.5 Å². The molecule has 29 heavy (non-hydrogen) atoms. The average molecular weight is 435 g/mol. The predicted octanol–water partition coefficient (Wildman–Crippen LogP) is 2.60. The lowest BCUT2D eigenvalue weighted by Crippen LogP contribution is -2.27. The highest BCUT2D eigenvalue weighted by molar-refractivity contribution is 7.99. The van der Waals surface area contributed by atoms with Crippen molar-refractivity contribution in [3.8, 4) is 0 Å². The zero-order chi connectivity index (χ0) is 20.6. The second-order valence-electron chi connectivity index (χ2n) is 5.80. The average Bonchev–Trinajstić information content (AvgIpc) is 3.36. The van der Waals surface area contributed by atoms with Gasteiger partial charge in [-0.05, 0) is 19.1 Å². The maximum Gasteiger partial charge on any atom is 0.254 e. The largest absolute Gasteiger partial charge is 0.351 e. The zero-order valence-corrected chi connectivity index (χ0v) is 17.2. The Balaban J connectivity index is 1.52. The first-order chi connectivity index (χ1) is 14.1. The number of benzene rings is 1. The summed E-state index contributed by atoms with van der Waals surface area (Å²) in [6.07, 6.45) is 2.06. The topological polar surface area (TPSA) is 102 Å². The molecule has 3 rings (SSSR count). The smallest absolute Gasteiger partial charge is 0.254 e. The first kappa shape index (κ1) is 20.9. The molecule has 0 saturated heterocycles. The lowest BCUT2D eigenvalue weighted by Gasteiger charge is -2.08. The van der Waals surface area contributed by atoms with Gasteiger partial charge in [0.25, 0.3) is 5.91 Å². The van der Waals surface area contributed by atoms with Crippen LogP contribution in [0, 0.1) is 5.82 Å². The van der Waals surface area contributed by atoms with Crippen LogP contribution in [0.4, 0.5) is 9.52 Å². The number of nitrogens with zero attached hydrogens (tertiary/aromatic N) is 4. The lowest BCUT2D eigenvalue weighted by atomic mass is 10.2. The molecule has 3 aromatic rings. The third-order valence-corrected chi connectivity index (χ3v) is 5.53. The molecule has 2 heterocycles. The second-order valence-corrected chi connectivity index (χ2v) is 7.64. The van der Waals surface area contributed by atoms with E-state index in [2.05, 4.69) is 25.8 Å². The van der Waals surface area contributed by atoms with Crippen LogP contribution in [-0.4, -0.2) is 43.9 Å². The minimum absolute atomic E-state index is 0.00643. The predicted molar refractivity (Wildman–Crippen MR) is 110 cm³/mol. The fourth-order valence-electron chi connectivity index (χ4n) is 2.53. The van der Waals surface area contributed by atoms with Crippen molar-refractivity contribution in [2.45, 2.75) is 25.0 Å². The van der Waals surface area contributed by atoms with Crippen LogP contribution in [0.3, 0.4) is 0 Å². The molecule has 2 amide bonds. The molecule has 2 N–H and O–H groups in total. The molecule has 0 fully saturated rings. The van der Waals surface area contributed by atoms with Crippen molar-refractivity contribution in [1.82, 2.24) is 25.1 Å². The van der Waals surface area contributed by atoms with Crippen molar-refractivity contribution in [2.24, 2.45) is 0 Å². The Morgan fingerprint density at radius 1 is 1.28 bits per heavy atom. The van der Waals surface area contributed by atoms with E-state index in [4.69, 9.17) is 0 Å². The van der Waals surface area contributed by atoms with E-state index < -0.39 is 11.7 Å². The summed E-state index contributed by atoms with van der Waals surface area (Å²) in [5, 5.41) is 16.7. The standard InChI is InChI=1S/C18H19FN6O2S2/c1-2-25-14(7-8-20-16(27)12-5-3-4-6-13(12)19)23-24-18(25)29-11-15(26)22-17-21-9-10-28-17/h3-6,9-10H,2,7-8,11H2,1H3,(H,20,27)(H,21,22,26). The van der Waals surface area contributed by atoms with Crippen LogP contribution >= 0.6 is 23.1 Å². The highest BCUT2D eigenvalue weighted by Gasteiger charge is 2.15. The van der Waals surface area contributed by atoms with E-state index in [9.17, 15) is 14.0 Å². The van der Waals surface area contributed by atoms with E-state index >= 15 is 0 Å². The number of amides is 2. The molecule has 0 aliphatic rings. The zero-order valence-electron chi connectivity index (χ0n) is 15.6. The molecule has 0 spiro atoms. The molecular weight excluding hydrogens is 415 g/mol. The summed E-state index contributed by atoms with van der Waals surface area (Å²) in [6, 6.07) is 5.83. The molecule has 0 atom stereocenters. The first-order valence-electron chi connectivity index (χ1n) is 8.85. The van der Waals surface area contributed by atoms with Crippen molar-refractivity contribution < 1.29 is 14.0 Å².